The molecule has 6 nitrogen and oxygen atoms in total. The summed E-state index contributed by atoms with van der Waals surface area (Å²) < 4.78 is 58.9. The standard InChI is InChI=1S/C8H11FN2O4S2/c9-7-1-3-8(4-2-7)17(14,15)11-5-6-16(10,12)13/h1-4,11H,5-6H2,(H2,10,12,13). The fraction of sp³-hybridized carbons (Fsp3) is 0.250. The molecule has 0 saturated carbocycles. The van der Waals surface area contributed by atoms with Crippen molar-refractivity contribution < 1.29 is 21.2 Å². The Bertz CT molecular complexity index is 580. The van der Waals surface area contributed by atoms with Crippen LogP contribution in [0.4, 0.5) is 4.39 Å². The maximum atomic E-state index is 12.6. The molecule has 0 unspecified atom stereocenters. The SMILES string of the molecule is NS(=O)(=O)CCNS(=O)(=O)c1ccc(F)cc1. The number of halogens is 1. The van der Waals surface area contributed by atoms with Crippen LogP contribution in [0.5, 0.6) is 0 Å². The van der Waals surface area contributed by atoms with E-state index in [1.54, 1.807) is 0 Å². The zero-order valence-corrected chi connectivity index (χ0v) is 10.3. The summed E-state index contributed by atoms with van der Waals surface area (Å²) in [5, 5.41) is 4.71. The van der Waals surface area contributed by atoms with Crippen molar-refractivity contribution in [1.82, 2.24) is 4.72 Å². The Balaban J connectivity index is 2.73. The summed E-state index contributed by atoms with van der Waals surface area (Å²) in [6.45, 7) is -0.335. The Morgan fingerprint density at radius 1 is 1.12 bits per heavy atom. The van der Waals surface area contributed by atoms with Crippen LogP contribution in [0, 0.1) is 5.82 Å². The van der Waals surface area contributed by atoms with Crippen LogP contribution in [0.2, 0.25) is 0 Å². The zero-order chi connectivity index (χ0) is 13.1. The Labute approximate surface area is 98.7 Å². The van der Waals surface area contributed by atoms with E-state index in [1.165, 1.54) is 0 Å². The first-order valence-corrected chi connectivity index (χ1v) is 7.66. The monoisotopic (exact) mass is 282 g/mol. The third kappa shape index (κ3) is 4.77. The summed E-state index contributed by atoms with van der Waals surface area (Å²) in [5.41, 5.74) is 0. The average molecular weight is 282 g/mol. The Kier molecular flexibility index (Phi) is 4.20. The molecule has 1 aromatic rings. The first-order valence-electron chi connectivity index (χ1n) is 4.46. The number of nitrogens with one attached hydrogen (secondary N) is 1. The van der Waals surface area contributed by atoms with Gasteiger partial charge >= 0.3 is 0 Å². The lowest BCUT2D eigenvalue weighted by molar-refractivity contribution is 0.580. The third-order valence-electron chi connectivity index (χ3n) is 1.80. The van der Waals surface area contributed by atoms with E-state index >= 15 is 0 Å². The van der Waals surface area contributed by atoms with Crippen LogP contribution in [0.15, 0.2) is 29.2 Å². The molecule has 0 aliphatic rings. The number of hydrogen-bond donors (Lipinski definition) is 2. The average Bonchev–Trinajstić information content (AvgIpc) is 2.15. The van der Waals surface area contributed by atoms with Gasteiger partial charge in [0.05, 0.1) is 10.6 Å². The van der Waals surface area contributed by atoms with Crippen molar-refractivity contribution in [2.75, 3.05) is 12.3 Å². The second-order valence-electron chi connectivity index (χ2n) is 3.22. The summed E-state index contributed by atoms with van der Waals surface area (Å²) in [6, 6.07) is 4.14. The van der Waals surface area contributed by atoms with Crippen LogP contribution >= 0.6 is 0 Å². The number of rotatable bonds is 5. The maximum Gasteiger partial charge on any atom is 0.240 e. The van der Waals surface area contributed by atoms with Gasteiger partial charge in [0, 0.05) is 6.54 Å². The van der Waals surface area contributed by atoms with Crippen molar-refractivity contribution in [1.29, 1.82) is 0 Å². The van der Waals surface area contributed by atoms with Crippen molar-refractivity contribution >= 4 is 20.0 Å². The Hall–Kier alpha value is -1.03. The van der Waals surface area contributed by atoms with E-state index in [-0.39, 0.29) is 11.4 Å². The smallest absolute Gasteiger partial charge is 0.229 e. The van der Waals surface area contributed by atoms with Crippen LogP contribution in [0.25, 0.3) is 0 Å². The molecular formula is C8H11FN2O4S2. The van der Waals surface area contributed by atoms with Gasteiger partial charge in [0.15, 0.2) is 0 Å². The van der Waals surface area contributed by atoms with E-state index < -0.39 is 31.6 Å². The molecule has 0 heterocycles. The molecule has 0 fully saturated rings. The summed E-state index contributed by atoms with van der Waals surface area (Å²) in [6.07, 6.45) is 0. The molecule has 0 atom stereocenters. The minimum atomic E-state index is -3.84. The molecular weight excluding hydrogens is 271 g/mol. The Morgan fingerprint density at radius 3 is 2.12 bits per heavy atom. The molecule has 96 valence electrons. The van der Waals surface area contributed by atoms with E-state index in [0.717, 1.165) is 24.3 Å². The number of primary sulfonamides is 1. The second kappa shape index (κ2) is 5.08. The lowest BCUT2D eigenvalue weighted by Gasteiger charge is -2.05. The summed E-state index contributed by atoms with van der Waals surface area (Å²) >= 11 is 0. The first-order chi connectivity index (χ1) is 7.71. The molecule has 0 spiro atoms. The van der Waals surface area contributed by atoms with Crippen LogP contribution in [-0.2, 0) is 20.0 Å². The lowest BCUT2D eigenvalue weighted by Crippen LogP contribution is -2.31. The topological polar surface area (TPSA) is 106 Å². The number of benzene rings is 1. The quantitative estimate of drug-likeness (QED) is 0.751. The van der Waals surface area contributed by atoms with Crippen LogP contribution in [-0.4, -0.2) is 29.1 Å². The van der Waals surface area contributed by atoms with E-state index in [2.05, 4.69) is 0 Å². The van der Waals surface area contributed by atoms with E-state index in [4.69, 9.17) is 5.14 Å². The molecule has 0 saturated heterocycles. The molecule has 0 bridgehead atoms. The minimum Gasteiger partial charge on any atom is -0.229 e. The molecule has 17 heavy (non-hydrogen) atoms. The molecule has 0 aliphatic heterocycles. The fourth-order valence-electron chi connectivity index (χ4n) is 1.02. The fourth-order valence-corrected chi connectivity index (χ4v) is 2.56. The van der Waals surface area contributed by atoms with Gasteiger partial charge in [0.2, 0.25) is 20.0 Å². The predicted octanol–water partition coefficient (Wildman–Crippen LogP) is -0.607. The van der Waals surface area contributed by atoms with Gasteiger partial charge in [0.25, 0.3) is 0 Å². The number of sulfonamides is 2. The summed E-state index contributed by atoms with van der Waals surface area (Å²) in [4.78, 5) is -0.145. The highest BCUT2D eigenvalue weighted by Gasteiger charge is 2.14. The molecule has 1 aromatic carbocycles. The van der Waals surface area contributed by atoms with E-state index in [9.17, 15) is 21.2 Å². The van der Waals surface area contributed by atoms with E-state index in [1.807, 2.05) is 4.72 Å². The van der Waals surface area contributed by atoms with Crippen molar-refractivity contribution in [3.63, 3.8) is 0 Å². The lowest BCUT2D eigenvalue weighted by atomic mass is 10.4. The van der Waals surface area contributed by atoms with Crippen LogP contribution in [0.3, 0.4) is 0 Å². The zero-order valence-electron chi connectivity index (χ0n) is 8.63. The highest BCUT2D eigenvalue weighted by Crippen LogP contribution is 2.08. The normalized spacial score (nSPS) is 12.6. The number of nitrogens with two attached hydrogens (primary N) is 1. The highest BCUT2D eigenvalue weighted by molar-refractivity contribution is 7.90. The summed E-state index contributed by atoms with van der Waals surface area (Å²) in [5.74, 6) is -1.07. The van der Waals surface area contributed by atoms with Crippen molar-refractivity contribution in [3.8, 4) is 0 Å². The van der Waals surface area contributed by atoms with Crippen LogP contribution in [0.1, 0.15) is 0 Å². The predicted molar refractivity (Wildman–Crippen MR) is 59.6 cm³/mol. The second-order valence-corrected chi connectivity index (χ2v) is 6.72. The van der Waals surface area contributed by atoms with Gasteiger partial charge in [-0.1, -0.05) is 0 Å². The van der Waals surface area contributed by atoms with Gasteiger partial charge in [-0.05, 0) is 24.3 Å². The minimum absolute atomic E-state index is 0.145. The summed E-state index contributed by atoms with van der Waals surface area (Å²) in [7, 11) is -7.56. The van der Waals surface area contributed by atoms with Gasteiger partial charge in [-0.25, -0.2) is 31.1 Å². The molecule has 3 N–H and O–H groups in total. The van der Waals surface area contributed by atoms with Crippen molar-refractivity contribution in [3.05, 3.63) is 30.1 Å². The molecule has 1 rings (SSSR count). The maximum absolute atomic E-state index is 12.6. The van der Waals surface area contributed by atoms with Gasteiger partial charge in [0.1, 0.15) is 5.82 Å². The molecule has 0 radical (unpaired) electrons. The Morgan fingerprint density at radius 2 is 1.65 bits per heavy atom. The molecule has 0 aromatic heterocycles. The van der Waals surface area contributed by atoms with Crippen molar-refractivity contribution in [2.45, 2.75) is 4.90 Å². The molecule has 0 aliphatic carbocycles. The van der Waals surface area contributed by atoms with Gasteiger partial charge in [-0.15, -0.1) is 0 Å². The molecule has 0 amide bonds. The van der Waals surface area contributed by atoms with Gasteiger partial charge in [-0.2, -0.15) is 0 Å². The number of hydrogen-bond acceptors (Lipinski definition) is 4. The van der Waals surface area contributed by atoms with Gasteiger partial charge in [-0.3, -0.25) is 0 Å². The largest absolute Gasteiger partial charge is 0.240 e. The third-order valence-corrected chi connectivity index (χ3v) is 4.05. The van der Waals surface area contributed by atoms with Crippen LogP contribution < -0.4 is 9.86 Å². The van der Waals surface area contributed by atoms with E-state index in [0.29, 0.717) is 0 Å². The first kappa shape index (κ1) is 14.0. The molecule has 9 heteroatoms. The highest BCUT2D eigenvalue weighted by atomic mass is 32.2. The van der Waals surface area contributed by atoms with Gasteiger partial charge < -0.3 is 0 Å². The van der Waals surface area contributed by atoms with Crippen molar-refractivity contribution in [2.24, 2.45) is 5.14 Å².